The summed E-state index contributed by atoms with van der Waals surface area (Å²) < 4.78 is 1.84. The predicted molar refractivity (Wildman–Crippen MR) is 135 cm³/mol. The molecule has 0 atom stereocenters. The number of aryl methyl sites for hydroxylation is 1. The molecular formula is C25H31N5O2S. The molecule has 0 spiro atoms. The molecule has 0 unspecified atom stereocenters. The molecule has 0 aliphatic carbocycles. The van der Waals surface area contributed by atoms with E-state index < -0.39 is 0 Å². The van der Waals surface area contributed by atoms with Crippen LogP contribution in [0.15, 0.2) is 41.2 Å². The first-order valence-corrected chi connectivity index (χ1v) is 11.8. The Hall–Kier alpha value is -2.81. The first kappa shape index (κ1) is 23.4. The fourth-order valence-electron chi connectivity index (χ4n) is 4.23. The van der Waals surface area contributed by atoms with Crippen molar-refractivity contribution in [1.29, 1.82) is 0 Å². The largest absolute Gasteiger partial charge is 0.352 e. The van der Waals surface area contributed by atoms with Crippen molar-refractivity contribution in [2.24, 2.45) is 0 Å². The number of benzene rings is 2. The SMILES string of the molecule is Cc1cccc(-n2c(=S)[nH]c3cc(C(=O)NCCCN4CCN(C)CC4)ccc3c2=O)c1C. The summed E-state index contributed by atoms with van der Waals surface area (Å²) in [6, 6.07) is 10.9. The van der Waals surface area contributed by atoms with Crippen LogP contribution in [0.3, 0.4) is 0 Å². The second-order valence-corrected chi connectivity index (χ2v) is 9.19. The van der Waals surface area contributed by atoms with Gasteiger partial charge in [0.25, 0.3) is 11.5 Å². The van der Waals surface area contributed by atoms with Gasteiger partial charge in [-0.05, 0) is 81.5 Å². The van der Waals surface area contributed by atoms with E-state index in [0.717, 1.165) is 56.0 Å². The third-order valence-corrected chi connectivity index (χ3v) is 6.79. The van der Waals surface area contributed by atoms with Crippen molar-refractivity contribution in [2.75, 3.05) is 46.3 Å². The summed E-state index contributed by atoms with van der Waals surface area (Å²) in [5.41, 5.74) is 3.75. The lowest BCUT2D eigenvalue weighted by molar-refractivity contribution is 0.0949. The number of nitrogens with one attached hydrogen (secondary N) is 2. The van der Waals surface area contributed by atoms with E-state index in [1.807, 2.05) is 32.0 Å². The molecule has 1 amide bonds. The summed E-state index contributed by atoms with van der Waals surface area (Å²) >= 11 is 5.52. The van der Waals surface area contributed by atoms with E-state index in [-0.39, 0.29) is 11.5 Å². The molecule has 2 heterocycles. The minimum Gasteiger partial charge on any atom is -0.352 e. The Morgan fingerprint density at radius 3 is 2.64 bits per heavy atom. The van der Waals surface area contributed by atoms with Crippen LogP contribution in [0.1, 0.15) is 27.9 Å². The number of nitrogens with zero attached hydrogens (tertiary/aromatic N) is 3. The molecular weight excluding hydrogens is 434 g/mol. The first-order valence-electron chi connectivity index (χ1n) is 11.4. The number of fused-ring (bicyclic) bond motifs is 1. The monoisotopic (exact) mass is 465 g/mol. The molecule has 1 aromatic heterocycles. The molecule has 1 saturated heterocycles. The number of aromatic amines is 1. The minimum atomic E-state index is -0.193. The number of H-pyrrole nitrogens is 1. The molecule has 8 heteroatoms. The average molecular weight is 466 g/mol. The van der Waals surface area contributed by atoms with Crippen LogP contribution in [0.25, 0.3) is 16.6 Å². The van der Waals surface area contributed by atoms with Gasteiger partial charge >= 0.3 is 0 Å². The third-order valence-electron chi connectivity index (χ3n) is 6.51. The summed E-state index contributed by atoms with van der Waals surface area (Å²) in [5.74, 6) is -0.145. The number of hydrogen-bond acceptors (Lipinski definition) is 5. The lowest BCUT2D eigenvalue weighted by atomic mass is 10.1. The van der Waals surface area contributed by atoms with Gasteiger partial charge in [0.05, 0.1) is 16.6 Å². The fourth-order valence-corrected chi connectivity index (χ4v) is 4.53. The zero-order valence-corrected chi connectivity index (χ0v) is 20.3. The summed E-state index contributed by atoms with van der Waals surface area (Å²) in [6.07, 6.45) is 0.909. The number of rotatable bonds is 6. The molecule has 0 saturated carbocycles. The van der Waals surface area contributed by atoms with Gasteiger partial charge in [-0.1, -0.05) is 12.1 Å². The molecule has 2 aromatic carbocycles. The van der Waals surface area contributed by atoms with E-state index in [4.69, 9.17) is 12.2 Å². The normalized spacial score (nSPS) is 15.1. The van der Waals surface area contributed by atoms with E-state index in [0.29, 0.717) is 27.8 Å². The minimum absolute atomic E-state index is 0.145. The van der Waals surface area contributed by atoms with Gasteiger partial charge in [-0.25, -0.2) is 0 Å². The van der Waals surface area contributed by atoms with Crippen molar-refractivity contribution >= 4 is 29.0 Å². The van der Waals surface area contributed by atoms with Crippen LogP contribution in [0.4, 0.5) is 0 Å². The van der Waals surface area contributed by atoms with Crippen molar-refractivity contribution in [3.05, 3.63) is 68.2 Å². The van der Waals surface area contributed by atoms with Gasteiger partial charge in [0.2, 0.25) is 0 Å². The van der Waals surface area contributed by atoms with Crippen molar-refractivity contribution in [3.63, 3.8) is 0 Å². The molecule has 0 bridgehead atoms. The molecule has 1 fully saturated rings. The number of aromatic nitrogens is 2. The number of hydrogen-bond donors (Lipinski definition) is 2. The Kier molecular flexibility index (Phi) is 7.07. The van der Waals surface area contributed by atoms with Crippen molar-refractivity contribution in [2.45, 2.75) is 20.3 Å². The van der Waals surface area contributed by atoms with Crippen LogP contribution in [0, 0.1) is 18.6 Å². The summed E-state index contributed by atoms with van der Waals surface area (Å²) in [4.78, 5) is 33.8. The molecule has 1 aliphatic heterocycles. The zero-order valence-electron chi connectivity index (χ0n) is 19.5. The Balaban J connectivity index is 1.48. The molecule has 33 heavy (non-hydrogen) atoms. The molecule has 1 aliphatic rings. The highest BCUT2D eigenvalue weighted by Crippen LogP contribution is 2.18. The van der Waals surface area contributed by atoms with Crippen LogP contribution in [0.5, 0.6) is 0 Å². The lowest BCUT2D eigenvalue weighted by Crippen LogP contribution is -2.45. The van der Waals surface area contributed by atoms with Gasteiger partial charge in [-0.15, -0.1) is 0 Å². The van der Waals surface area contributed by atoms with Gasteiger partial charge in [-0.3, -0.25) is 14.2 Å². The van der Waals surface area contributed by atoms with Crippen LogP contribution < -0.4 is 10.9 Å². The second kappa shape index (κ2) is 9.99. The van der Waals surface area contributed by atoms with Crippen LogP contribution in [-0.2, 0) is 0 Å². The van der Waals surface area contributed by atoms with E-state index in [1.165, 1.54) is 4.57 Å². The topological polar surface area (TPSA) is 73.4 Å². The first-order chi connectivity index (χ1) is 15.8. The molecule has 4 rings (SSSR count). The predicted octanol–water partition coefficient (Wildman–Crippen LogP) is 3.03. The highest BCUT2D eigenvalue weighted by atomic mass is 32.1. The Morgan fingerprint density at radius 1 is 1.12 bits per heavy atom. The molecule has 0 radical (unpaired) electrons. The Morgan fingerprint density at radius 2 is 1.88 bits per heavy atom. The van der Waals surface area contributed by atoms with E-state index in [1.54, 1.807) is 18.2 Å². The fraction of sp³-hybridized carbons (Fsp3) is 0.400. The zero-order chi connectivity index (χ0) is 23.5. The van der Waals surface area contributed by atoms with Crippen LogP contribution >= 0.6 is 12.2 Å². The van der Waals surface area contributed by atoms with Gasteiger partial charge in [0, 0.05) is 38.3 Å². The molecule has 2 N–H and O–H groups in total. The smallest absolute Gasteiger partial charge is 0.266 e. The number of piperazine rings is 1. The van der Waals surface area contributed by atoms with Crippen molar-refractivity contribution < 1.29 is 4.79 Å². The van der Waals surface area contributed by atoms with Crippen LogP contribution in [-0.4, -0.2) is 71.6 Å². The third kappa shape index (κ3) is 5.08. The highest BCUT2D eigenvalue weighted by molar-refractivity contribution is 7.71. The summed E-state index contributed by atoms with van der Waals surface area (Å²) in [7, 11) is 2.15. The average Bonchev–Trinajstić information content (AvgIpc) is 2.80. The number of carbonyl (C=O) groups excluding carboxylic acids is 1. The maximum Gasteiger partial charge on any atom is 0.266 e. The maximum atomic E-state index is 13.2. The Labute approximate surface area is 199 Å². The van der Waals surface area contributed by atoms with E-state index in [2.05, 4.69) is 27.1 Å². The number of likely N-dealkylation sites (N-methyl/N-ethyl adjacent to an activating group) is 1. The highest BCUT2D eigenvalue weighted by Gasteiger charge is 2.15. The number of carbonyl (C=O) groups is 1. The standard InChI is InChI=1S/C25H31N5O2S/c1-17-6-4-7-22(18(17)2)30-24(32)20-9-8-19(16-21(20)27-25(30)33)23(31)26-10-5-11-29-14-12-28(3)13-15-29/h4,6-9,16H,5,10-15H2,1-3H3,(H,26,31)(H,27,33). The molecule has 3 aromatic rings. The van der Waals surface area contributed by atoms with Gasteiger partial charge in [0.15, 0.2) is 4.77 Å². The maximum absolute atomic E-state index is 13.2. The van der Waals surface area contributed by atoms with Crippen molar-refractivity contribution in [1.82, 2.24) is 24.7 Å². The summed E-state index contributed by atoms with van der Waals surface area (Å²) in [6.45, 7) is 9.93. The van der Waals surface area contributed by atoms with Gasteiger partial charge in [-0.2, -0.15) is 0 Å². The van der Waals surface area contributed by atoms with Gasteiger partial charge in [0.1, 0.15) is 0 Å². The van der Waals surface area contributed by atoms with E-state index >= 15 is 0 Å². The number of amides is 1. The van der Waals surface area contributed by atoms with Crippen molar-refractivity contribution in [3.8, 4) is 5.69 Å². The van der Waals surface area contributed by atoms with E-state index in [9.17, 15) is 9.59 Å². The van der Waals surface area contributed by atoms with Crippen LogP contribution in [0.2, 0.25) is 0 Å². The second-order valence-electron chi connectivity index (χ2n) is 8.80. The van der Waals surface area contributed by atoms with Gasteiger partial charge < -0.3 is 20.1 Å². The molecule has 174 valence electrons. The molecule has 7 nitrogen and oxygen atoms in total. The summed E-state index contributed by atoms with van der Waals surface area (Å²) in [5, 5.41) is 3.49. The quantitative estimate of drug-likeness (QED) is 0.433. The Bertz CT molecular complexity index is 1290. The lowest BCUT2D eigenvalue weighted by Gasteiger charge is -2.32.